The standard InChI is InChI=1S/C18H21NO3/c1-19-8-7-18-11-4-5-13(20)17(18)22-16-14(21-2)6-3-10(15(16)18)9-12(11)19/h3-6,11-13,17,20H,7-9H2,1-2H3/t11-,12+,13?,17?,18-/m0/s1/i2D3,3D,6D,9D2,17D,20D. The molecule has 0 aromatic heterocycles. The SMILES string of the molecule is [2H]OC1C=C[C@H]2[C@@H]3N(C)CC[C@@]24c2c(c(OC([2H])([2H])[2H])c([2H])c([2H])c2C3([2H])[2H])OC14[2H]. The first-order valence-electron chi connectivity index (χ1n) is 11.8. The van der Waals surface area contributed by atoms with Crippen molar-refractivity contribution in [3.05, 3.63) is 35.4 Å². The highest BCUT2D eigenvalue weighted by Crippen LogP contribution is 2.62. The fourth-order valence-corrected chi connectivity index (χ4v) is 4.51. The second-order valence-electron chi connectivity index (χ2n) is 6.35. The minimum atomic E-state index is -2.94. The lowest BCUT2D eigenvalue weighted by Crippen LogP contribution is -2.64. The van der Waals surface area contributed by atoms with E-state index in [0.29, 0.717) is 13.0 Å². The second kappa shape index (κ2) is 4.06. The second-order valence-corrected chi connectivity index (χ2v) is 6.35. The van der Waals surface area contributed by atoms with Gasteiger partial charge in [-0.05, 0) is 38.0 Å². The Morgan fingerprint density at radius 3 is 3.45 bits per heavy atom. The van der Waals surface area contributed by atoms with Crippen molar-refractivity contribution >= 4 is 0 Å². The van der Waals surface area contributed by atoms with Gasteiger partial charge < -0.3 is 19.5 Å². The number of aliphatic hydroxyl groups is 1. The molecule has 4 nitrogen and oxygen atoms in total. The van der Waals surface area contributed by atoms with E-state index in [1.807, 2.05) is 4.90 Å². The third kappa shape index (κ3) is 1.28. The van der Waals surface area contributed by atoms with Crippen LogP contribution in [0.4, 0.5) is 0 Å². The third-order valence-corrected chi connectivity index (χ3v) is 5.47. The number of ether oxygens (including phenoxy) is 2. The minimum Gasteiger partial charge on any atom is -0.493 e. The molecule has 2 unspecified atom stereocenters. The summed E-state index contributed by atoms with van der Waals surface area (Å²) in [6.45, 7) is 0.424. The molecule has 2 aliphatic heterocycles. The number of benzene rings is 1. The smallest absolute Gasteiger partial charge is 0.211 e. The Morgan fingerprint density at radius 1 is 1.64 bits per heavy atom. The van der Waals surface area contributed by atoms with Gasteiger partial charge in [0.05, 0.1) is 15.3 Å². The number of aliphatic hydroxyl groups excluding tert-OH is 1. The van der Waals surface area contributed by atoms with Crippen LogP contribution in [0.25, 0.3) is 0 Å². The Hall–Kier alpha value is -1.52. The van der Waals surface area contributed by atoms with Crippen LogP contribution in [0, 0.1) is 5.92 Å². The Labute approximate surface area is 143 Å². The molecule has 4 heteroatoms. The van der Waals surface area contributed by atoms with Crippen LogP contribution in [0.3, 0.4) is 0 Å². The number of hydrogen-bond donors (Lipinski definition) is 1. The molecule has 5 atom stereocenters. The molecule has 1 fully saturated rings. The molecule has 5 rings (SSSR count). The van der Waals surface area contributed by atoms with Gasteiger partial charge in [0, 0.05) is 25.7 Å². The van der Waals surface area contributed by atoms with Crippen LogP contribution in [-0.4, -0.2) is 50.3 Å². The zero-order valence-electron chi connectivity index (χ0n) is 21.0. The lowest BCUT2D eigenvalue weighted by molar-refractivity contribution is -0.0453. The molecule has 116 valence electrons. The van der Waals surface area contributed by atoms with Crippen LogP contribution in [0.15, 0.2) is 24.2 Å². The van der Waals surface area contributed by atoms with Crippen LogP contribution in [0.2, 0.25) is 0 Å². The molecule has 22 heavy (non-hydrogen) atoms. The molecular formula is C18H21NO3. The molecule has 2 aliphatic carbocycles. The molecule has 0 amide bonds. The van der Waals surface area contributed by atoms with Gasteiger partial charge in [-0.3, -0.25) is 0 Å². The van der Waals surface area contributed by atoms with E-state index in [0.717, 1.165) is 0 Å². The highest BCUT2D eigenvalue weighted by molar-refractivity contribution is 5.62. The maximum absolute atomic E-state index is 9.30. The summed E-state index contributed by atoms with van der Waals surface area (Å²) in [6.07, 6.45) is -1.52. The quantitative estimate of drug-likeness (QED) is 0.841. The predicted molar refractivity (Wildman–Crippen MR) is 82.5 cm³/mol. The first kappa shape index (κ1) is 6.93. The number of rotatable bonds is 2. The van der Waals surface area contributed by atoms with E-state index in [1.54, 1.807) is 13.1 Å². The van der Waals surface area contributed by atoms with Gasteiger partial charge in [-0.25, -0.2) is 0 Å². The molecule has 0 saturated carbocycles. The molecule has 1 aromatic rings. The Morgan fingerprint density at radius 2 is 2.59 bits per heavy atom. The van der Waals surface area contributed by atoms with Crippen molar-refractivity contribution < 1.29 is 25.5 Å². The van der Waals surface area contributed by atoms with Crippen LogP contribution in [0.1, 0.15) is 28.5 Å². The number of nitrogens with zero attached hydrogens (tertiary/aromatic N) is 1. The number of hydrogen-bond acceptors (Lipinski definition) is 4. The van der Waals surface area contributed by atoms with E-state index in [2.05, 4.69) is 0 Å². The average molecular weight is 308 g/mol. The number of likely N-dealkylation sites (tertiary alicyclic amines) is 1. The Bertz CT molecular complexity index is 1010. The van der Waals surface area contributed by atoms with Crippen molar-refractivity contribution in [2.75, 3.05) is 20.6 Å². The van der Waals surface area contributed by atoms with Crippen molar-refractivity contribution in [3.63, 3.8) is 0 Å². The zero-order chi connectivity index (χ0) is 22.7. The van der Waals surface area contributed by atoms with Crippen molar-refractivity contribution in [1.29, 1.82) is 1.43 Å². The number of piperidine rings is 1. The minimum absolute atomic E-state index is 0.0775. The van der Waals surface area contributed by atoms with Crippen LogP contribution >= 0.6 is 0 Å². The van der Waals surface area contributed by atoms with Gasteiger partial charge in [-0.2, -0.15) is 0 Å². The molecule has 2 heterocycles. The summed E-state index contributed by atoms with van der Waals surface area (Å²) in [6, 6.07) is -1.83. The summed E-state index contributed by atoms with van der Waals surface area (Å²) < 4.78 is 85.2. The lowest BCUT2D eigenvalue weighted by atomic mass is 9.53. The van der Waals surface area contributed by atoms with Gasteiger partial charge in [0.2, 0.25) is 1.43 Å². The summed E-state index contributed by atoms with van der Waals surface area (Å²) >= 11 is 0. The van der Waals surface area contributed by atoms with Crippen molar-refractivity contribution in [2.45, 2.75) is 36.4 Å². The first-order valence-corrected chi connectivity index (χ1v) is 7.38. The molecular weight excluding hydrogens is 278 g/mol. The summed E-state index contributed by atoms with van der Waals surface area (Å²) in [4.78, 5) is 1.85. The van der Waals surface area contributed by atoms with E-state index in [1.165, 1.54) is 6.08 Å². The van der Waals surface area contributed by atoms with Gasteiger partial charge in [0.1, 0.15) is 12.2 Å². The summed E-state index contributed by atoms with van der Waals surface area (Å²) in [7, 11) is -1.16. The topological polar surface area (TPSA) is 41.9 Å². The van der Waals surface area contributed by atoms with Gasteiger partial charge >= 0.3 is 0 Å². The van der Waals surface area contributed by atoms with Crippen molar-refractivity contribution in [1.82, 2.24) is 4.90 Å². The maximum Gasteiger partial charge on any atom is 0.211 e. The van der Waals surface area contributed by atoms with Crippen LogP contribution in [-0.2, 0) is 11.8 Å². The summed E-state index contributed by atoms with van der Waals surface area (Å²) in [5, 5.41) is 4.82. The third-order valence-electron chi connectivity index (χ3n) is 5.47. The monoisotopic (exact) mass is 308 g/mol. The summed E-state index contributed by atoms with van der Waals surface area (Å²) in [5.74, 6) is -1.25. The average Bonchev–Trinajstić information content (AvgIpc) is 2.92. The van der Waals surface area contributed by atoms with Gasteiger partial charge in [0.15, 0.2) is 11.5 Å². The fraction of sp³-hybridized carbons (Fsp3) is 0.556. The molecule has 0 radical (unpaired) electrons. The zero-order valence-corrected chi connectivity index (χ0v) is 12.0. The maximum atomic E-state index is 9.30. The van der Waals surface area contributed by atoms with E-state index in [4.69, 9.17) is 25.6 Å². The normalized spacial score (nSPS) is 53.1. The van der Waals surface area contributed by atoms with Crippen molar-refractivity contribution in [2.24, 2.45) is 5.92 Å². The van der Waals surface area contributed by atoms with E-state index in [-0.39, 0.29) is 16.9 Å². The fourth-order valence-electron chi connectivity index (χ4n) is 4.51. The molecule has 1 N–H and O–H groups in total. The Balaban J connectivity index is 1.92. The van der Waals surface area contributed by atoms with Crippen LogP contribution < -0.4 is 9.47 Å². The molecule has 2 bridgehead atoms. The number of methoxy groups -OCH3 is 1. The van der Waals surface area contributed by atoms with E-state index in [9.17, 15) is 1.37 Å². The number of likely N-dealkylation sites (N-methyl/N-ethyl adjacent to an activating group) is 1. The van der Waals surface area contributed by atoms with Crippen molar-refractivity contribution in [3.8, 4) is 11.5 Å². The van der Waals surface area contributed by atoms with Gasteiger partial charge in [-0.15, -0.1) is 0 Å². The highest BCUT2D eigenvalue weighted by atomic mass is 16.5. The van der Waals surface area contributed by atoms with E-state index >= 15 is 0 Å². The first-order chi connectivity index (χ1) is 14.3. The van der Waals surface area contributed by atoms with Gasteiger partial charge in [0.25, 0.3) is 0 Å². The molecule has 4 aliphatic rings. The lowest BCUT2D eigenvalue weighted by Gasteiger charge is -2.56. The van der Waals surface area contributed by atoms with Gasteiger partial charge in [-0.1, -0.05) is 18.2 Å². The van der Waals surface area contributed by atoms with Crippen LogP contribution in [0.5, 0.6) is 11.5 Å². The molecule has 1 aromatic carbocycles. The van der Waals surface area contributed by atoms with E-state index < -0.39 is 60.8 Å². The Kier molecular flexibility index (Phi) is 1.28. The molecule has 1 spiro atoms. The highest BCUT2D eigenvalue weighted by Gasteiger charge is 2.64. The summed E-state index contributed by atoms with van der Waals surface area (Å²) in [5.41, 5.74) is -1.06. The predicted octanol–water partition coefficient (Wildman–Crippen LogP) is 1.50. The molecule has 1 saturated heterocycles. The largest absolute Gasteiger partial charge is 0.493 e.